The second-order valence-corrected chi connectivity index (χ2v) is 5.94. The minimum absolute atomic E-state index is 0. The van der Waals surface area contributed by atoms with Crippen LogP contribution in [-0.2, 0) is 14.8 Å². The van der Waals surface area contributed by atoms with Gasteiger partial charge in [-0.2, -0.15) is 0 Å². The average Bonchev–Trinajstić information content (AvgIpc) is 2.36. The van der Waals surface area contributed by atoms with E-state index in [0.29, 0.717) is 30.1 Å². The zero-order valence-corrected chi connectivity index (χ0v) is 13.7. The summed E-state index contributed by atoms with van der Waals surface area (Å²) in [6.45, 7) is 0.580. The van der Waals surface area contributed by atoms with Crippen molar-refractivity contribution in [2.45, 2.75) is 6.42 Å². The number of nitrogens with one attached hydrogen (secondary N) is 3. The van der Waals surface area contributed by atoms with Crippen molar-refractivity contribution in [2.75, 3.05) is 37.0 Å². The lowest BCUT2D eigenvalue weighted by Gasteiger charge is -2.12. The number of anilines is 2. The summed E-state index contributed by atoms with van der Waals surface area (Å²) in [6, 6.07) is 4.70. The Morgan fingerprint density at radius 2 is 2.00 bits per heavy atom. The van der Waals surface area contributed by atoms with E-state index in [4.69, 9.17) is 4.74 Å². The Kier molecular flexibility index (Phi) is 8.08. The molecular weight excluding hydrogens is 318 g/mol. The molecule has 0 fully saturated rings. The van der Waals surface area contributed by atoms with Crippen LogP contribution in [0.5, 0.6) is 5.75 Å². The van der Waals surface area contributed by atoms with Gasteiger partial charge < -0.3 is 15.4 Å². The first kappa shape index (κ1) is 19.5. The van der Waals surface area contributed by atoms with Gasteiger partial charge in [0, 0.05) is 24.7 Å². The van der Waals surface area contributed by atoms with Crippen LogP contribution in [0.2, 0.25) is 0 Å². The summed E-state index contributed by atoms with van der Waals surface area (Å²) in [5, 5.41) is 5.58. The fraction of sp³-hybridized carbons (Fsp3) is 0.417. The second-order valence-electron chi connectivity index (χ2n) is 4.19. The minimum Gasteiger partial charge on any atom is -0.494 e. The average molecular weight is 338 g/mol. The smallest absolute Gasteiger partial charge is 0.229 e. The molecule has 0 unspecified atom stereocenters. The maximum absolute atomic E-state index is 11.6. The molecule has 1 aromatic rings. The standard InChI is InChI=1S/C12H19N3O4S.ClH/c1-13-7-6-12(16)14-9-4-5-10(11(8-9)19-2)15-20(3,17)18;/h4-5,8,13,15H,6-7H2,1-3H3,(H,14,16);1H. The molecule has 3 N–H and O–H groups in total. The molecule has 0 bridgehead atoms. The van der Waals surface area contributed by atoms with Crippen molar-refractivity contribution < 1.29 is 17.9 Å². The molecule has 120 valence electrons. The fourth-order valence-corrected chi connectivity index (χ4v) is 2.08. The van der Waals surface area contributed by atoms with Crippen molar-refractivity contribution in [3.63, 3.8) is 0 Å². The lowest BCUT2D eigenvalue weighted by atomic mass is 10.2. The summed E-state index contributed by atoms with van der Waals surface area (Å²) in [6.07, 6.45) is 1.40. The van der Waals surface area contributed by atoms with Crippen molar-refractivity contribution in [1.29, 1.82) is 0 Å². The summed E-state index contributed by atoms with van der Waals surface area (Å²) in [7, 11) is -0.191. The van der Waals surface area contributed by atoms with Gasteiger partial charge in [0.05, 0.1) is 19.1 Å². The molecule has 21 heavy (non-hydrogen) atoms. The van der Waals surface area contributed by atoms with Gasteiger partial charge in [-0.25, -0.2) is 8.42 Å². The first-order valence-electron chi connectivity index (χ1n) is 5.96. The zero-order chi connectivity index (χ0) is 15.2. The fourth-order valence-electron chi connectivity index (χ4n) is 1.52. The molecule has 9 heteroatoms. The lowest BCUT2D eigenvalue weighted by Crippen LogP contribution is -2.18. The summed E-state index contributed by atoms with van der Waals surface area (Å²) in [4.78, 5) is 11.6. The molecule has 0 spiro atoms. The normalized spacial score (nSPS) is 10.4. The van der Waals surface area contributed by atoms with Crippen LogP contribution in [0.25, 0.3) is 0 Å². The Labute approximate surface area is 130 Å². The number of benzene rings is 1. The molecule has 0 aliphatic rings. The second kappa shape index (κ2) is 8.71. The topological polar surface area (TPSA) is 96.5 Å². The van der Waals surface area contributed by atoms with E-state index in [1.807, 2.05) is 0 Å². The van der Waals surface area contributed by atoms with Crippen LogP contribution in [0.3, 0.4) is 0 Å². The van der Waals surface area contributed by atoms with E-state index in [2.05, 4.69) is 15.4 Å². The van der Waals surface area contributed by atoms with Crippen molar-refractivity contribution in [2.24, 2.45) is 0 Å². The number of hydrogen-bond acceptors (Lipinski definition) is 5. The summed E-state index contributed by atoms with van der Waals surface area (Å²) in [5.41, 5.74) is 0.866. The first-order valence-corrected chi connectivity index (χ1v) is 7.85. The van der Waals surface area contributed by atoms with E-state index in [1.54, 1.807) is 19.2 Å². The van der Waals surface area contributed by atoms with Crippen LogP contribution in [0.4, 0.5) is 11.4 Å². The van der Waals surface area contributed by atoms with Gasteiger partial charge >= 0.3 is 0 Å². The lowest BCUT2D eigenvalue weighted by molar-refractivity contribution is -0.116. The first-order chi connectivity index (χ1) is 9.35. The van der Waals surface area contributed by atoms with E-state index >= 15 is 0 Å². The highest BCUT2D eigenvalue weighted by Gasteiger charge is 2.10. The van der Waals surface area contributed by atoms with Gasteiger partial charge in [0.1, 0.15) is 5.75 Å². The van der Waals surface area contributed by atoms with Crippen molar-refractivity contribution >= 4 is 39.7 Å². The third kappa shape index (κ3) is 7.16. The monoisotopic (exact) mass is 337 g/mol. The van der Waals surface area contributed by atoms with Gasteiger partial charge in [-0.15, -0.1) is 12.4 Å². The van der Waals surface area contributed by atoms with E-state index in [0.717, 1.165) is 6.26 Å². The molecule has 0 saturated heterocycles. The van der Waals surface area contributed by atoms with Gasteiger partial charge in [-0.05, 0) is 19.2 Å². The number of amides is 1. The molecular formula is C12H20ClN3O4S. The van der Waals surface area contributed by atoms with Crippen LogP contribution in [-0.4, -0.2) is 41.3 Å². The Balaban J connectivity index is 0.00000400. The molecule has 0 atom stereocenters. The minimum atomic E-state index is -3.38. The van der Waals surface area contributed by atoms with Crippen LogP contribution < -0.4 is 20.1 Å². The molecule has 0 aliphatic heterocycles. The molecule has 0 aliphatic carbocycles. The Hall–Kier alpha value is -1.51. The molecule has 1 amide bonds. The molecule has 0 heterocycles. The molecule has 7 nitrogen and oxygen atoms in total. The molecule has 0 aromatic heterocycles. The van der Waals surface area contributed by atoms with E-state index in [9.17, 15) is 13.2 Å². The van der Waals surface area contributed by atoms with Crippen molar-refractivity contribution in [3.05, 3.63) is 18.2 Å². The number of sulfonamides is 1. The molecule has 1 aromatic carbocycles. The third-order valence-corrected chi connectivity index (χ3v) is 2.97. The van der Waals surface area contributed by atoms with Crippen LogP contribution in [0.1, 0.15) is 6.42 Å². The number of ether oxygens (including phenoxy) is 1. The maximum atomic E-state index is 11.6. The largest absolute Gasteiger partial charge is 0.494 e. The summed E-state index contributed by atoms with van der Waals surface area (Å²) >= 11 is 0. The van der Waals surface area contributed by atoms with E-state index < -0.39 is 10.0 Å². The van der Waals surface area contributed by atoms with Crippen molar-refractivity contribution in [1.82, 2.24) is 5.32 Å². The van der Waals surface area contributed by atoms with E-state index in [-0.39, 0.29) is 18.3 Å². The van der Waals surface area contributed by atoms with Gasteiger partial charge in [-0.1, -0.05) is 0 Å². The van der Waals surface area contributed by atoms with Gasteiger partial charge in [0.2, 0.25) is 15.9 Å². The quantitative estimate of drug-likeness (QED) is 0.690. The SMILES string of the molecule is CNCCC(=O)Nc1ccc(NS(C)(=O)=O)c(OC)c1.Cl. The summed E-state index contributed by atoms with van der Waals surface area (Å²) in [5.74, 6) is 0.201. The highest BCUT2D eigenvalue weighted by atomic mass is 35.5. The number of carbonyl (C=O) groups is 1. The number of methoxy groups -OCH3 is 1. The van der Waals surface area contributed by atoms with Gasteiger partial charge in [0.15, 0.2) is 0 Å². The highest BCUT2D eigenvalue weighted by Crippen LogP contribution is 2.28. The van der Waals surface area contributed by atoms with Gasteiger partial charge in [0.25, 0.3) is 0 Å². The third-order valence-electron chi connectivity index (χ3n) is 2.38. The Morgan fingerprint density at radius 3 is 2.52 bits per heavy atom. The number of halogens is 1. The van der Waals surface area contributed by atoms with Gasteiger partial charge in [-0.3, -0.25) is 9.52 Å². The van der Waals surface area contributed by atoms with E-state index in [1.165, 1.54) is 13.2 Å². The molecule has 0 radical (unpaired) electrons. The van der Waals surface area contributed by atoms with Crippen LogP contribution >= 0.6 is 12.4 Å². The van der Waals surface area contributed by atoms with Crippen LogP contribution in [0.15, 0.2) is 18.2 Å². The maximum Gasteiger partial charge on any atom is 0.229 e. The predicted molar refractivity (Wildman–Crippen MR) is 85.9 cm³/mol. The number of carbonyl (C=O) groups excluding carboxylic acids is 1. The zero-order valence-electron chi connectivity index (χ0n) is 12.1. The number of rotatable bonds is 7. The predicted octanol–water partition coefficient (Wildman–Crippen LogP) is 1.04. The highest BCUT2D eigenvalue weighted by molar-refractivity contribution is 7.92. The Morgan fingerprint density at radius 1 is 1.33 bits per heavy atom. The molecule has 0 saturated carbocycles. The molecule has 1 rings (SSSR count). The van der Waals surface area contributed by atoms with Crippen molar-refractivity contribution in [3.8, 4) is 5.75 Å². The van der Waals surface area contributed by atoms with Crippen LogP contribution in [0, 0.1) is 0 Å². The number of hydrogen-bond donors (Lipinski definition) is 3. The summed E-state index contributed by atoms with van der Waals surface area (Å²) < 4.78 is 29.9. The Bertz CT molecular complexity index is 578.